The molecule has 0 saturated heterocycles. The SMILES string of the molecule is COc1cc(NC(=O)[C@H](C)N)c(-c2nc3ccccc3o2)cc1OC. The number of hydrogen-bond acceptors (Lipinski definition) is 6. The van der Waals surface area contributed by atoms with Gasteiger partial charge in [0, 0.05) is 6.07 Å². The van der Waals surface area contributed by atoms with E-state index in [0.29, 0.717) is 34.2 Å². The van der Waals surface area contributed by atoms with E-state index in [1.165, 1.54) is 14.2 Å². The van der Waals surface area contributed by atoms with E-state index in [4.69, 9.17) is 19.6 Å². The summed E-state index contributed by atoms with van der Waals surface area (Å²) in [7, 11) is 3.06. The highest BCUT2D eigenvalue weighted by atomic mass is 16.5. The van der Waals surface area contributed by atoms with E-state index < -0.39 is 6.04 Å². The van der Waals surface area contributed by atoms with Crippen LogP contribution in [0.4, 0.5) is 5.69 Å². The Morgan fingerprint density at radius 3 is 2.52 bits per heavy atom. The monoisotopic (exact) mass is 341 g/mol. The first-order valence-electron chi connectivity index (χ1n) is 7.72. The molecule has 3 N–H and O–H groups in total. The van der Waals surface area contributed by atoms with Crippen molar-refractivity contribution in [2.75, 3.05) is 19.5 Å². The van der Waals surface area contributed by atoms with Crippen LogP contribution in [-0.2, 0) is 4.79 Å². The van der Waals surface area contributed by atoms with Crippen molar-refractivity contribution < 1.29 is 18.7 Å². The molecule has 0 aliphatic rings. The van der Waals surface area contributed by atoms with E-state index in [1.54, 1.807) is 19.1 Å². The molecule has 130 valence electrons. The lowest BCUT2D eigenvalue weighted by Gasteiger charge is -2.15. The first kappa shape index (κ1) is 16.8. The Morgan fingerprint density at radius 2 is 1.88 bits per heavy atom. The minimum Gasteiger partial charge on any atom is -0.493 e. The lowest BCUT2D eigenvalue weighted by molar-refractivity contribution is -0.117. The van der Waals surface area contributed by atoms with Gasteiger partial charge >= 0.3 is 0 Å². The fourth-order valence-corrected chi connectivity index (χ4v) is 2.39. The van der Waals surface area contributed by atoms with Crippen LogP contribution < -0.4 is 20.5 Å². The maximum absolute atomic E-state index is 12.1. The smallest absolute Gasteiger partial charge is 0.241 e. The highest BCUT2D eigenvalue weighted by Crippen LogP contribution is 2.39. The van der Waals surface area contributed by atoms with Crippen molar-refractivity contribution in [1.82, 2.24) is 4.98 Å². The van der Waals surface area contributed by atoms with Crippen molar-refractivity contribution in [2.45, 2.75) is 13.0 Å². The van der Waals surface area contributed by atoms with Gasteiger partial charge < -0.3 is 24.9 Å². The van der Waals surface area contributed by atoms with Gasteiger partial charge in [-0.2, -0.15) is 0 Å². The number of oxazole rings is 1. The number of methoxy groups -OCH3 is 2. The van der Waals surface area contributed by atoms with Gasteiger partial charge in [0.15, 0.2) is 17.1 Å². The molecule has 1 aromatic heterocycles. The Bertz CT molecular complexity index is 885. The molecule has 1 amide bonds. The number of fused-ring (bicyclic) bond motifs is 1. The first-order valence-corrected chi connectivity index (χ1v) is 7.72. The van der Waals surface area contributed by atoms with Gasteiger partial charge in [-0.3, -0.25) is 4.79 Å². The van der Waals surface area contributed by atoms with Crippen molar-refractivity contribution in [2.24, 2.45) is 5.73 Å². The standard InChI is InChI=1S/C18H19N3O4/c1-10(19)17(22)20-13-9-16(24-3)15(23-2)8-11(13)18-21-12-6-4-5-7-14(12)25-18/h4-10H,19H2,1-3H3,(H,20,22)/t10-/m0/s1. The number of rotatable bonds is 5. The molecule has 0 spiro atoms. The van der Waals surface area contributed by atoms with Crippen LogP contribution in [0.5, 0.6) is 11.5 Å². The number of amides is 1. The molecule has 0 unspecified atom stereocenters. The van der Waals surface area contributed by atoms with E-state index >= 15 is 0 Å². The largest absolute Gasteiger partial charge is 0.493 e. The summed E-state index contributed by atoms with van der Waals surface area (Å²) in [6, 6.07) is 10.1. The second kappa shape index (κ2) is 6.82. The molecule has 25 heavy (non-hydrogen) atoms. The van der Waals surface area contributed by atoms with Gasteiger partial charge in [-0.1, -0.05) is 12.1 Å². The number of para-hydroxylation sites is 2. The zero-order valence-electron chi connectivity index (χ0n) is 14.2. The topological polar surface area (TPSA) is 99.6 Å². The molecule has 7 heteroatoms. The van der Waals surface area contributed by atoms with Crippen molar-refractivity contribution in [3.05, 3.63) is 36.4 Å². The van der Waals surface area contributed by atoms with Gasteiger partial charge in [0.05, 0.1) is 31.5 Å². The molecule has 3 aromatic rings. The van der Waals surface area contributed by atoms with Crippen LogP contribution in [0, 0.1) is 0 Å². The van der Waals surface area contributed by atoms with E-state index in [-0.39, 0.29) is 5.91 Å². The first-order chi connectivity index (χ1) is 12.0. The summed E-state index contributed by atoms with van der Waals surface area (Å²) < 4.78 is 16.5. The average Bonchev–Trinajstić information content (AvgIpc) is 3.04. The van der Waals surface area contributed by atoms with Crippen LogP contribution in [-0.4, -0.2) is 31.2 Å². The Morgan fingerprint density at radius 1 is 1.20 bits per heavy atom. The van der Waals surface area contributed by atoms with Crippen molar-refractivity contribution in [3.63, 3.8) is 0 Å². The number of nitrogens with one attached hydrogen (secondary N) is 1. The van der Waals surface area contributed by atoms with Crippen molar-refractivity contribution >= 4 is 22.7 Å². The lowest BCUT2D eigenvalue weighted by atomic mass is 10.1. The Hall–Kier alpha value is -3.06. The maximum Gasteiger partial charge on any atom is 0.241 e. The number of aromatic nitrogens is 1. The normalized spacial score (nSPS) is 12.0. The molecule has 0 fully saturated rings. The Balaban J connectivity index is 2.16. The number of ether oxygens (including phenoxy) is 2. The summed E-state index contributed by atoms with van der Waals surface area (Å²) in [4.78, 5) is 16.5. The number of anilines is 1. The van der Waals surface area contributed by atoms with Crippen LogP contribution in [0.15, 0.2) is 40.8 Å². The van der Waals surface area contributed by atoms with Gasteiger partial charge in [0.25, 0.3) is 0 Å². The third-order valence-corrected chi connectivity index (χ3v) is 3.72. The third-order valence-electron chi connectivity index (χ3n) is 3.72. The summed E-state index contributed by atoms with van der Waals surface area (Å²) >= 11 is 0. The second-order valence-electron chi connectivity index (χ2n) is 5.52. The average molecular weight is 341 g/mol. The van der Waals surface area contributed by atoms with Gasteiger partial charge in [-0.05, 0) is 25.1 Å². The zero-order valence-corrected chi connectivity index (χ0v) is 14.2. The highest BCUT2D eigenvalue weighted by molar-refractivity contribution is 5.98. The van der Waals surface area contributed by atoms with Gasteiger partial charge in [-0.25, -0.2) is 4.98 Å². The molecule has 7 nitrogen and oxygen atoms in total. The quantitative estimate of drug-likeness (QED) is 0.740. The lowest BCUT2D eigenvalue weighted by Crippen LogP contribution is -2.32. The number of carbonyl (C=O) groups excluding carboxylic acids is 1. The number of benzene rings is 2. The van der Waals surface area contributed by atoms with E-state index in [1.807, 2.05) is 24.3 Å². The molecule has 0 saturated carbocycles. The minimum atomic E-state index is -0.662. The summed E-state index contributed by atoms with van der Waals surface area (Å²) in [6.07, 6.45) is 0. The van der Waals surface area contributed by atoms with Crippen LogP contribution >= 0.6 is 0 Å². The molecule has 1 atom stereocenters. The van der Waals surface area contributed by atoms with Crippen LogP contribution in [0.1, 0.15) is 6.92 Å². The summed E-state index contributed by atoms with van der Waals surface area (Å²) in [5.41, 5.74) is 8.07. The summed E-state index contributed by atoms with van der Waals surface area (Å²) in [5.74, 6) is 1.01. The molecule has 2 aromatic carbocycles. The van der Waals surface area contributed by atoms with Crippen LogP contribution in [0.3, 0.4) is 0 Å². The van der Waals surface area contributed by atoms with Crippen molar-refractivity contribution in [3.8, 4) is 23.0 Å². The predicted molar refractivity (Wildman–Crippen MR) is 94.8 cm³/mol. The molecule has 0 aliphatic heterocycles. The number of hydrogen-bond donors (Lipinski definition) is 2. The Kier molecular flexibility index (Phi) is 4.58. The summed E-state index contributed by atoms with van der Waals surface area (Å²) in [6.45, 7) is 1.61. The maximum atomic E-state index is 12.1. The molecule has 0 aliphatic carbocycles. The predicted octanol–water partition coefficient (Wildman–Crippen LogP) is 2.80. The van der Waals surface area contributed by atoms with Gasteiger partial charge in [-0.15, -0.1) is 0 Å². The van der Waals surface area contributed by atoms with Gasteiger partial charge in [0.1, 0.15) is 5.52 Å². The van der Waals surface area contributed by atoms with E-state index in [0.717, 1.165) is 5.52 Å². The van der Waals surface area contributed by atoms with Crippen LogP contribution in [0.25, 0.3) is 22.6 Å². The van der Waals surface area contributed by atoms with E-state index in [2.05, 4.69) is 10.3 Å². The molecule has 0 radical (unpaired) electrons. The number of nitrogens with zero attached hydrogens (tertiary/aromatic N) is 1. The molecule has 1 heterocycles. The molecular formula is C18H19N3O4. The van der Waals surface area contributed by atoms with Crippen LogP contribution in [0.2, 0.25) is 0 Å². The summed E-state index contributed by atoms with van der Waals surface area (Å²) in [5, 5.41) is 2.78. The second-order valence-corrected chi connectivity index (χ2v) is 5.52. The highest BCUT2D eigenvalue weighted by Gasteiger charge is 2.19. The third kappa shape index (κ3) is 3.27. The Labute approximate surface area is 144 Å². The molecule has 3 rings (SSSR count). The fraction of sp³-hybridized carbons (Fsp3) is 0.222. The number of carbonyl (C=O) groups is 1. The molecule has 0 bridgehead atoms. The zero-order chi connectivity index (χ0) is 18.0. The van der Waals surface area contributed by atoms with Crippen molar-refractivity contribution in [1.29, 1.82) is 0 Å². The van der Waals surface area contributed by atoms with Gasteiger partial charge in [0.2, 0.25) is 11.8 Å². The van der Waals surface area contributed by atoms with E-state index in [9.17, 15) is 4.79 Å². The fourth-order valence-electron chi connectivity index (χ4n) is 2.39. The molecular weight excluding hydrogens is 322 g/mol. The minimum absolute atomic E-state index is 0.329. The number of nitrogens with two attached hydrogens (primary N) is 1.